The Labute approximate surface area is 137 Å². The SMILES string of the molecule is CCNC(c1nc(C)cs1)c1cc(OC)c(OC)cc1Br. The van der Waals surface area contributed by atoms with Crippen molar-refractivity contribution in [1.82, 2.24) is 10.3 Å². The summed E-state index contributed by atoms with van der Waals surface area (Å²) in [5, 5.41) is 6.59. The van der Waals surface area contributed by atoms with Crippen LogP contribution in [0.15, 0.2) is 22.0 Å². The van der Waals surface area contributed by atoms with Crippen molar-refractivity contribution < 1.29 is 9.47 Å². The quantitative estimate of drug-likeness (QED) is 0.836. The van der Waals surface area contributed by atoms with Crippen LogP contribution in [-0.2, 0) is 0 Å². The average molecular weight is 371 g/mol. The van der Waals surface area contributed by atoms with E-state index >= 15 is 0 Å². The highest BCUT2D eigenvalue weighted by atomic mass is 79.9. The number of aromatic nitrogens is 1. The minimum atomic E-state index is 0.0304. The van der Waals surface area contributed by atoms with Crippen LogP contribution in [0.1, 0.15) is 29.2 Å². The van der Waals surface area contributed by atoms with Crippen molar-refractivity contribution in [2.24, 2.45) is 0 Å². The first-order valence-corrected chi connectivity index (χ1v) is 8.34. The molecule has 0 radical (unpaired) electrons. The molecule has 0 spiro atoms. The van der Waals surface area contributed by atoms with Crippen molar-refractivity contribution in [3.05, 3.63) is 38.3 Å². The van der Waals surface area contributed by atoms with Gasteiger partial charge in [0.2, 0.25) is 0 Å². The topological polar surface area (TPSA) is 43.4 Å². The van der Waals surface area contributed by atoms with E-state index in [2.05, 4.69) is 38.5 Å². The van der Waals surface area contributed by atoms with Gasteiger partial charge in [0.15, 0.2) is 11.5 Å². The number of hydrogen-bond donors (Lipinski definition) is 1. The lowest BCUT2D eigenvalue weighted by molar-refractivity contribution is 0.354. The molecule has 1 aromatic heterocycles. The average Bonchev–Trinajstić information content (AvgIpc) is 2.91. The highest BCUT2D eigenvalue weighted by Crippen LogP contribution is 2.38. The number of hydrogen-bond acceptors (Lipinski definition) is 5. The van der Waals surface area contributed by atoms with Crippen LogP contribution in [0, 0.1) is 6.92 Å². The zero-order valence-corrected chi connectivity index (χ0v) is 15.0. The predicted octanol–water partition coefficient (Wildman–Crippen LogP) is 3.93. The first-order chi connectivity index (χ1) is 10.1. The van der Waals surface area contributed by atoms with Crippen LogP contribution in [0.2, 0.25) is 0 Å². The Morgan fingerprint density at radius 1 is 1.29 bits per heavy atom. The van der Waals surface area contributed by atoms with Crippen LogP contribution >= 0.6 is 27.3 Å². The fraction of sp³-hybridized carbons (Fsp3) is 0.400. The summed E-state index contributed by atoms with van der Waals surface area (Å²) in [7, 11) is 3.28. The molecule has 21 heavy (non-hydrogen) atoms. The first-order valence-electron chi connectivity index (χ1n) is 6.67. The van der Waals surface area contributed by atoms with E-state index in [0.29, 0.717) is 11.5 Å². The highest BCUT2D eigenvalue weighted by Gasteiger charge is 2.21. The third kappa shape index (κ3) is 3.56. The van der Waals surface area contributed by atoms with Crippen molar-refractivity contribution in [2.45, 2.75) is 19.9 Å². The molecule has 0 aliphatic heterocycles. The van der Waals surface area contributed by atoms with Gasteiger partial charge in [-0.25, -0.2) is 4.98 Å². The summed E-state index contributed by atoms with van der Waals surface area (Å²) >= 11 is 5.29. The van der Waals surface area contributed by atoms with Crippen LogP contribution in [0.25, 0.3) is 0 Å². The zero-order chi connectivity index (χ0) is 15.4. The van der Waals surface area contributed by atoms with Gasteiger partial charge in [-0.1, -0.05) is 22.9 Å². The fourth-order valence-corrected chi connectivity index (χ4v) is 3.57. The minimum absolute atomic E-state index is 0.0304. The maximum Gasteiger partial charge on any atom is 0.161 e. The normalized spacial score (nSPS) is 12.2. The van der Waals surface area contributed by atoms with Crippen LogP contribution < -0.4 is 14.8 Å². The van der Waals surface area contributed by atoms with Crippen molar-refractivity contribution in [3.63, 3.8) is 0 Å². The number of ether oxygens (including phenoxy) is 2. The fourth-order valence-electron chi connectivity index (χ4n) is 2.13. The van der Waals surface area contributed by atoms with Crippen molar-refractivity contribution in [3.8, 4) is 11.5 Å². The molecule has 0 aliphatic rings. The number of nitrogens with one attached hydrogen (secondary N) is 1. The number of benzene rings is 1. The molecule has 4 nitrogen and oxygen atoms in total. The number of methoxy groups -OCH3 is 2. The lowest BCUT2D eigenvalue weighted by atomic mass is 10.1. The van der Waals surface area contributed by atoms with Crippen molar-refractivity contribution >= 4 is 27.3 Å². The molecule has 2 rings (SSSR count). The van der Waals surface area contributed by atoms with Gasteiger partial charge in [0, 0.05) is 15.5 Å². The van der Waals surface area contributed by atoms with Crippen LogP contribution in [0.4, 0.5) is 0 Å². The molecule has 1 unspecified atom stereocenters. The van der Waals surface area contributed by atoms with E-state index in [-0.39, 0.29) is 6.04 Å². The summed E-state index contributed by atoms with van der Waals surface area (Å²) in [5.74, 6) is 1.42. The molecular weight excluding hydrogens is 352 g/mol. The smallest absolute Gasteiger partial charge is 0.161 e. The van der Waals surface area contributed by atoms with Gasteiger partial charge in [0.25, 0.3) is 0 Å². The lowest BCUT2D eigenvalue weighted by Crippen LogP contribution is -2.22. The van der Waals surface area contributed by atoms with Crippen LogP contribution in [-0.4, -0.2) is 25.7 Å². The Hall–Kier alpha value is -1.11. The summed E-state index contributed by atoms with van der Waals surface area (Å²) in [4.78, 5) is 4.61. The molecule has 0 aliphatic carbocycles. The number of thiazole rings is 1. The second-order valence-electron chi connectivity index (χ2n) is 4.55. The van der Waals surface area contributed by atoms with Gasteiger partial charge in [0.1, 0.15) is 5.01 Å². The predicted molar refractivity (Wildman–Crippen MR) is 89.6 cm³/mol. The number of rotatable bonds is 6. The van der Waals surface area contributed by atoms with Crippen molar-refractivity contribution in [1.29, 1.82) is 0 Å². The Balaban J connectivity index is 2.49. The van der Waals surface area contributed by atoms with Gasteiger partial charge >= 0.3 is 0 Å². The highest BCUT2D eigenvalue weighted by molar-refractivity contribution is 9.10. The Morgan fingerprint density at radius 3 is 2.48 bits per heavy atom. The van der Waals surface area contributed by atoms with E-state index in [0.717, 1.165) is 27.3 Å². The molecule has 2 aromatic rings. The van der Waals surface area contributed by atoms with Gasteiger partial charge < -0.3 is 14.8 Å². The Morgan fingerprint density at radius 2 is 1.95 bits per heavy atom. The van der Waals surface area contributed by atoms with Gasteiger partial charge in [0.05, 0.1) is 20.3 Å². The van der Waals surface area contributed by atoms with E-state index in [4.69, 9.17) is 9.47 Å². The van der Waals surface area contributed by atoms with E-state index in [1.165, 1.54) is 0 Å². The molecule has 0 bridgehead atoms. The Bertz CT molecular complexity index is 616. The van der Waals surface area contributed by atoms with E-state index in [9.17, 15) is 0 Å². The van der Waals surface area contributed by atoms with Crippen molar-refractivity contribution in [2.75, 3.05) is 20.8 Å². The first kappa shape index (κ1) is 16.3. The third-order valence-electron chi connectivity index (χ3n) is 3.11. The summed E-state index contributed by atoms with van der Waals surface area (Å²) in [6.45, 7) is 4.94. The molecule has 1 aromatic carbocycles. The lowest BCUT2D eigenvalue weighted by Gasteiger charge is -2.19. The summed E-state index contributed by atoms with van der Waals surface area (Å²) in [6, 6.07) is 3.95. The molecular formula is C15H19BrN2O2S. The molecule has 0 fully saturated rings. The molecule has 1 N–H and O–H groups in total. The standard InChI is InChI=1S/C15H19BrN2O2S/c1-5-17-14(15-18-9(2)8-21-15)10-6-12(19-3)13(20-4)7-11(10)16/h6-8,14,17H,5H2,1-4H3. The molecule has 0 amide bonds. The molecule has 114 valence electrons. The second kappa shape index (κ2) is 7.24. The van der Waals surface area contributed by atoms with E-state index in [1.54, 1.807) is 25.6 Å². The van der Waals surface area contributed by atoms with Gasteiger partial charge in [-0.15, -0.1) is 11.3 Å². The van der Waals surface area contributed by atoms with E-state index in [1.807, 2.05) is 19.1 Å². The summed E-state index contributed by atoms with van der Waals surface area (Å²) in [5.41, 5.74) is 2.12. The van der Waals surface area contributed by atoms with E-state index < -0.39 is 0 Å². The van der Waals surface area contributed by atoms with Gasteiger partial charge in [-0.05, 0) is 31.2 Å². The van der Waals surface area contributed by atoms with Crippen LogP contribution in [0.5, 0.6) is 11.5 Å². The monoisotopic (exact) mass is 370 g/mol. The Kier molecular flexibility index (Phi) is 5.61. The largest absolute Gasteiger partial charge is 0.493 e. The minimum Gasteiger partial charge on any atom is -0.493 e. The van der Waals surface area contributed by atoms with Crippen LogP contribution in [0.3, 0.4) is 0 Å². The number of nitrogens with zero attached hydrogens (tertiary/aromatic N) is 1. The number of aryl methyl sites for hydroxylation is 1. The number of halogens is 1. The molecule has 6 heteroatoms. The molecule has 0 saturated heterocycles. The third-order valence-corrected chi connectivity index (χ3v) is 4.82. The summed E-state index contributed by atoms with van der Waals surface area (Å²) in [6.07, 6.45) is 0. The summed E-state index contributed by atoms with van der Waals surface area (Å²) < 4.78 is 11.7. The van der Waals surface area contributed by atoms with Gasteiger partial charge in [-0.2, -0.15) is 0 Å². The second-order valence-corrected chi connectivity index (χ2v) is 6.29. The molecule has 1 heterocycles. The zero-order valence-electron chi connectivity index (χ0n) is 12.6. The maximum atomic E-state index is 5.41. The molecule has 0 saturated carbocycles. The van der Waals surface area contributed by atoms with Gasteiger partial charge in [-0.3, -0.25) is 0 Å². The molecule has 1 atom stereocenters. The maximum absolute atomic E-state index is 5.41.